The van der Waals surface area contributed by atoms with E-state index in [0.717, 1.165) is 18.3 Å². The summed E-state index contributed by atoms with van der Waals surface area (Å²) < 4.78 is 5.48. The molecule has 0 aliphatic carbocycles. The molecule has 2 atom stereocenters. The highest BCUT2D eigenvalue weighted by Gasteiger charge is 2.17. The lowest BCUT2D eigenvalue weighted by atomic mass is 10.1. The number of amidine groups is 1. The fourth-order valence-electron chi connectivity index (χ4n) is 2.00. The molecule has 1 aromatic rings. The highest BCUT2D eigenvalue weighted by molar-refractivity contribution is 7.40. The monoisotopic (exact) mass is 348 g/mol. The van der Waals surface area contributed by atoms with Gasteiger partial charge in [-0.3, -0.25) is 15.2 Å². The van der Waals surface area contributed by atoms with Crippen molar-refractivity contribution in [3.05, 3.63) is 29.8 Å². The Balaban J connectivity index is 2.94. The molecule has 0 radical (unpaired) electrons. The van der Waals surface area contributed by atoms with Gasteiger partial charge in [0, 0.05) is 5.45 Å². The number of hydrogen-bond acceptors (Lipinski definition) is 4. The number of rotatable bonds is 8. The zero-order chi connectivity index (χ0) is 18.1. The lowest BCUT2D eigenvalue weighted by Crippen LogP contribution is -2.26. The van der Waals surface area contributed by atoms with Crippen LogP contribution in [0.15, 0.2) is 34.3 Å². The van der Waals surface area contributed by atoms with Gasteiger partial charge in [0.15, 0.2) is 0 Å². The maximum absolute atomic E-state index is 12.2. The largest absolute Gasteiger partial charge is 0.493 e. The summed E-state index contributed by atoms with van der Waals surface area (Å²) >= 11 is 0. The fraction of sp³-hybridized carbons (Fsp3) is 0.412. The maximum atomic E-state index is 12.2. The molecule has 6 nitrogen and oxygen atoms in total. The first-order valence-electron chi connectivity index (χ1n) is 7.91. The normalized spacial score (nSPS) is 13.5. The first-order chi connectivity index (χ1) is 11.4. The molecular formula is C17H25N4O2P. The number of nitrogens with zero attached hydrogens (tertiary/aromatic N) is 2. The quantitative estimate of drug-likeness (QED) is 0.429. The SMILES string of the molecule is CCCC(P)=NC(C)C(=N)C(=O)N=C(N)c1ccccc1OCC. The Labute approximate surface area is 145 Å². The molecule has 0 heterocycles. The molecule has 0 saturated carbocycles. The highest BCUT2D eigenvalue weighted by atomic mass is 31.0. The number of nitrogens with one attached hydrogen (secondary N) is 1. The molecule has 0 aliphatic rings. The molecule has 2 unspecified atom stereocenters. The van der Waals surface area contributed by atoms with Gasteiger partial charge in [-0.05, 0) is 32.4 Å². The van der Waals surface area contributed by atoms with Crippen LogP contribution in [0, 0.1) is 5.41 Å². The van der Waals surface area contributed by atoms with Crippen LogP contribution >= 0.6 is 9.24 Å². The fourth-order valence-corrected chi connectivity index (χ4v) is 2.51. The second-order valence-corrected chi connectivity index (χ2v) is 5.86. The minimum Gasteiger partial charge on any atom is -0.493 e. The number of aliphatic imine (C=N–C) groups is 2. The first kappa shape index (κ1) is 20.0. The predicted molar refractivity (Wildman–Crippen MR) is 103 cm³/mol. The van der Waals surface area contributed by atoms with Gasteiger partial charge >= 0.3 is 0 Å². The van der Waals surface area contributed by atoms with E-state index in [1.807, 2.05) is 19.9 Å². The van der Waals surface area contributed by atoms with Crippen molar-refractivity contribution in [3.8, 4) is 5.75 Å². The summed E-state index contributed by atoms with van der Waals surface area (Å²) in [4.78, 5) is 20.3. The average Bonchev–Trinajstić information content (AvgIpc) is 2.54. The molecule has 0 fully saturated rings. The number of ether oxygens (including phenoxy) is 1. The van der Waals surface area contributed by atoms with Gasteiger partial charge in [0.2, 0.25) is 0 Å². The molecular weight excluding hydrogens is 323 g/mol. The Hall–Kier alpha value is -2.07. The van der Waals surface area contributed by atoms with Crippen molar-refractivity contribution < 1.29 is 9.53 Å². The van der Waals surface area contributed by atoms with Crippen LogP contribution in [0.25, 0.3) is 0 Å². The average molecular weight is 348 g/mol. The second kappa shape index (κ2) is 9.93. The predicted octanol–water partition coefficient (Wildman–Crippen LogP) is 2.80. The van der Waals surface area contributed by atoms with Gasteiger partial charge in [-0.15, -0.1) is 0 Å². The van der Waals surface area contributed by atoms with Gasteiger partial charge < -0.3 is 10.5 Å². The Morgan fingerprint density at radius 3 is 2.67 bits per heavy atom. The summed E-state index contributed by atoms with van der Waals surface area (Å²) in [5.74, 6) is -0.101. The number of nitrogens with two attached hydrogens (primary N) is 1. The molecule has 7 heteroatoms. The topological polar surface area (TPSA) is 101 Å². The highest BCUT2D eigenvalue weighted by Crippen LogP contribution is 2.17. The van der Waals surface area contributed by atoms with E-state index in [1.165, 1.54) is 0 Å². The number of carbonyl (C=O) groups is 1. The maximum Gasteiger partial charge on any atom is 0.294 e. The molecule has 0 spiro atoms. The Morgan fingerprint density at radius 1 is 1.38 bits per heavy atom. The van der Waals surface area contributed by atoms with Crippen LogP contribution in [0.3, 0.4) is 0 Å². The van der Waals surface area contributed by atoms with E-state index in [2.05, 4.69) is 19.2 Å². The zero-order valence-electron chi connectivity index (χ0n) is 14.4. The van der Waals surface area contributed by atoms with E-state index in [0.29, 0.717) is 17.9 Å². The minimum atomic E-state index is -0.690. The molecule has 0 bridgehead atoms. The second-order valence-electron chi connectivity index (χ2n) is 5.19. The smallest absolute Gasteiger partial charge is 0.294 e. The van der Waals surface area contributed by atoms with Crippen molar-refractivity contribution in [1.82, 2.24) is 0 Å². The van der Waals surface area contributed by atoms with Gasteiger partial charge in [0.25, 0.3) is 5.91 Å². The molecule has 1 rings (SSSR count). The number of para-hydroxylation sites is 1. The van der Waals surface area contributed by atoms with E-state index < -0.39 is 11.9 Å². The number of carbonyl (C=O) groups excluding carboxylic acids is 1. The Morgan fingerprint density at radius 2 is 2.04 bits per heavy atom. The van der Waals surface area contributed by atoms with Gasteiger partial charge in [-0.2, -0.15) is 4.99 Å². The third kappa shape index (κ3) is 5.85. The first-order valence-corrected chi connectivity index (χ1v) is 8.49. The van der Waals surface area contributed by atoms with Crippen molar-refractivity contribution >= 4 is 32.1 Å². The van der Waals surface area contributed by atoms with Gasteiger partial charge in [0.1, 0.15) is 17.3 Å². The standard InChI is InChI=1S/C17H25N4O2P/c1-4-8-14(24)20-11(3)15(18)17(22)21-16(19)12-9-6-7-10-13(12)23-5-2/h6-7,9-11,18H,4-5,8,24H2,1-3H3,(H2,19,21,22). The van der Waals surface area contributed by atoms with E-state index in [9.17, 15) is 4.79 Å². The number of amides is 1. The summed E-state index contributed by atoms with van der Waals surface area (Å²) in [7, 11) is 2.54. The van der Waals surface area contributed by atoms with E-state index in [-0.39, 0.29) is 11.5 Å². The lowest BCUT2D eigenvalue weighted by molar-refractivity contribution is -0.112. The molecule has 0 aromatic heterocycles. The molecule has 130 valence electrons. The van der Waals surface area contributed by atoms with Crippen LogP contribution in [-0.2, 0) is 4.79 Å². The van der Waals surface area contributed by atoms with Crippen LogP contribution in [0.2, 0.25) is 0 Å². The summed E-state index contributed by atoms with van der Waals surface area (Å²) in [6, 6.07) is 6.53. The molecule has 1 aromatic carbocycles. The van der Waals surface area contributed by atoms with Gasteiger partial charge in [-0.25, -0.2) is 0 Å². The van der Waals surface area contributed by atoms with Crippen LogP contribution < -0.4 is 10.5 Å². The van der Waals surface area contributed by atoms with Crippen LogP contribution in [0.1, 0.15) is 39.2 Å². The van der Waals surface area contributed by atoms with Gasteiger partial charge in [-0.1, -0.05) is 34.7 Å². The minimum absolute atomic E-state index is 0.0321. The number of hydrogen-bond donors (Lipinski definition) is 2. The lowest BCUT2D eigenvalue weighted by Gasteiger charge is -2.10. The van der Waals surface area contributed by atoms with Crippen LogP contribution in [0.4, 0.5) is 0 Å². The van der Waals surface area contributed by atoms with E-state index >= 15 is 0 Å². The van der Waals surface area contributed by atoms with Crippen LogP contribution in [-0.4, -0.2) is 35.6 Å². The Kier molecular flexibility index (Phi) is 8.27. The zero-order valence-corrected chi connectivity index (χ0v) is 15.5. The summed E-state index contributed by atoms with van der Waals surface area (Å²) in [6.07, 6.45) is 1.76. The van der Waals surface area contributed by atoms with Crippen molar-refractivity contribution in [3.63, 3.8) is 0 Å². The van der Waals surface area contributed by atoms with Crippen molar-refractivity contribution in [1.29, 1.82) is 5.41 Å². The third-order valence-electron chi connectivity index (χ3n) is 3.20. The summed E-state index contributed by atoms with van der Waals surface area (Å²) in [5.41, 5.74) is 7.11. The molecule has 0 saturated heterocycles. The van der Waals surface area contributed by atoms with Crippen molar-refractivity contribution in [2.45, 2.75) is 39.7 Å². The van der Waals surface area contributed by atoms with E-state index in [1.54, 1.807) is 25.1 Å². The summed E-state index contributed by atoms with van der Waals surface area (Å²) in [5, 5.41) is 7.96. The van der Waals surface area contributed by atoms with E-state index in [4.69, 9.17) is 15.9 Å². The van der Waals surface area contributed by atoms with Gasteiger partial charge in [0.05, 0.1) is 18.2 Å². The summed E-state index contributed by atoms with van der Waals surface area (Å²) in [6.45, 7) is 6.08. The van der Waals surface area contributed by atoms with Crippen molar-refractivity contribution in [2.75, 3.05) is 6.61 Å². The molecule has 1 amide bonds. The molecule has 3 N–H and O–H groups in total. The molecule has 24 heavy (non-hydrogen) atoms. The number of benzene rings is 1. The molecule has 0 aliphatic heterocycles. The third-order valence-corrected chi connectivity index (χ3v) is 3.64. The Bertz CT molecular complexity index is 656. The van der Waals surface area contributed by atoms with Crippen LogP contribution in [0.5, 0.6) is 5.75 Å². The van der Waals surface area contributed by atoms with Crippen molar-refractivity contribution in [2.24, 2.45) is 15.7 Å².